The summed E-state index contributed by atoms with van der Waals surface area (Å²) in [5.41, 5.74) is 7.92. The second-order valence-electron chi connectivity index (χ2n) is 6.71. The van der Waals surface area contributed by atoms with E-state index in [4.69, 9.17) is 15.2 Å². The molecule has 3 rings (SSSR count). The summed E-state index contributed by atoms with van der Waals surface area (Å²) >= 11 is 0. The highest BCUT2D eigenvalue weighted by molar-refractivity contribution is 5.72. The van der Waals surface area contributed by atoms with Crippen molar-refractivity contribution in [2.24, 2.45) is 18.9 Å². The Bertz CT molecular complexity index is 789. The molecule has 2 aromatic heterocycles. The lowest BCUT2D eigenvalue weighted by Gasteiger charge is -2.29. The molecule has 1 fully saturated rings. The molecule has 0 amide bonds. The van der Waals surface area contributed by atoms with E-state index in [1.54, 1.807) is 7.05 Å². The number of nitrogens with zero attached hydrogens (tertiary/aromatic N) is 4. The van der Waals surface area contributed by atoms with Crippen molar-refractivity contribution < 1.29 is 14.3 Å². The van der Waals surface area contributed by atoms with Gasteiger partial charge < -0.3 is 15.2 Å². The molecule has 0 spiro atoms. The SMILES string of the molecule is COC(=O)[C@H]1CCCC[C@@H]1COc1ccc(-c2nnn(C)c2N)nc1C. The summed E-state index contributed by atoms with van der Waals surface area (Å²) in [6.07, 6.45) is 4.01. The third-order valence-electron chi connectivity index (χ3n) is 5.02. The van der Waals surface area contributed by atoms with Crippen LogP contribution in [0.25, 0.3) is 11.4 Å². The largest absolute Gasteiger partial charge is 0.491 e. The number of anilines is 1. The number of methoxy groups -OCH3 is 1. The molecule has 2 heterocycles. The standard InChI is InChI=1S/C18H25N5O3/c1-11-15(9-8-14(20-11)16-17(19)23(2)22-21-16)26-10-12-6-4-5-7-13(12)18(24)25-3/h8-9,12-13H,4-7,10,19H2,1-3H3/t12-,13+/m1/s1. The number of carbonyl (C=O) groups is 1. The Kier molecular flexibility index (Phi) is 5.39. The van der Waals surface area contributed by atoms with Crippen LogP contribution in [0.4, 0.5) is 5.82 Å². The van der Waals surface area contributed by atoms with Gasteiger partial charge in [0.15, 0.2) is 11.5 Å². The van der Waals surface area contributed by atoms with Crippen LogP contribution in [-0.2, 0) is 16.6 Å². The molecule has 8 heteroatoms. The van der Waals surface area contributed by atoms with Crippen molar-refractivity contribution in [1.82, 2.24) is 20.0 Å². The van der Waals surface area contributed by atoms with E-state index in [1.165, 1.54) is 11.8 Å². The van der Waals surface area contributed by atoms with Crippen LogP contribution in [0.3, 0.4) is 0 Å². The van der Waals surface area contributed by atoms with Gasteiger partial charge in [-0.3, -0.25) is 4.79 Å². The van der Waals surface area contributed by atoms with Gasteiger partial charge in [-0.1, -0.05) is 18.1 Å². The summed E-state index contributed by atoms with van der Waals surface area (Å²) in [5, 5.41) is 7.95. The van der Waals surface area contributed by atoms with Gasteiger partial charge in [0.2, 0.25) is 0 Å². The zero-order valence-electron chi connectivity index (χ0n) is 15.4. The molecule has 2 atom stereocenters. The minimum absolute atomic E-state index is 0.0827. The quantitative estimate of drug-likeness (QED) is 0.815. The smallest absolute Gasteiger partial charge is 0.309 e. The van der Waals surface area contributed by atoms with Gasteiger partial charge in [0.1, 0.15) is 5.75 Å². The number of pyridine rings is 1. The molecule has 0 unspecified atom stereocenters. The molecule has 0 saturated heterocycles. The molecule has 1 aliphatic carbocycles. The molecule has 0 bridgehead atoms. The highest BCUT2D eigenvalue weighted by Gasteiger charge is 2.32. The first-order valence-corrected chi connectivity index (χ1v) is 8.85. The summed E-state index contributed by atoms with van der Waals surface area (Å²) in [5.74, 6) is 1.12. The third-order valence-corrected chi connectivity index (χ3v) is 5.02. The first-order valence-electron chi connectivity index (χ1n) is 8.85. The van der Waals surface area contributed by atoms with E-state index >= 15 is 0 Å². The number of esters is 1. The van der Waals surface area contributed by atoms with Crippen molar-refractivity contribution in [2.75, 3.05) is 19.5 Å². The van der Waals surface area contributed by atoms with Crippen molar-refractivity contribution >= 4 is 11.8 Å². The lowest BCUT2D eigenvalue weighted by atomic mass is 9.80. The third kappa shape index (κ3) is 3.63. The number of aryl methyl sites for hydroxylation is 2. The van der Waals surface area contributed by atoms with E-state index in [9.17, 15) is 4.79 Å². The number of hydrogen-bond acceptors (Lipinski definition) is 7. The van der Waals surface area contributed by atoms with Gasteiger partial charge >= 0.3 is 5.97 Å². The lowest BCUT2D eigenvalue weighted by Crippen LogP contribution is -2.32. The molecule has 1 saturated carbocycles. The second kappa shape index (κ2) is 7.72. The maximum absolute atomic E-state index is 12.0. The van der Waals surface area contributed by atoms with Crippen molar-refractivity contribution in [3.63, 3.8) is 0 Å². The van der Waals surface area contributed by atoms with E-state index in [1.807, 2.05) is 19.1 Å². The van der Waals surface area contributed by atoms with Gasteiger partial charge in [-0.05, 0) is 31.9 Å². The minimum Gasteiger partial charge on any atom is -0.491 e. The summed E-state index contributed by atoms with van der Waals surface area (Å²) in [6, 6.07) is 3.68. The van der Waals surface area contributed by atoms with Crippen LogP contribution in [0, 0.1) is 18.8 Å². The van der Waals surface area contributed by atoms with Gasteiger partial charge in [0.25, 0.3) is 0 Å². The van der Waals surface area contributed by atoms with E-state index in [0.29, 0.717) is 29.6 Å². The molecule has 0 radical (unpaired) electrons. The van der Waals surface area contributed by atoms with Crippen LogP contribution >= 0.6 is 0 Å². The normalized spacial score (nSPS) is 20.0. The highest BCUT2D eigenvalue weighted by atomic mass is 16.5. The number of nitrogens with two attached hydrogens (primary N) is 1. The van der Waals surface area contributed by atoms with Gasteiger partial charge in [-0.15, -0.1) is 5.10 Å². The number of carbonyl (C=O) groups excluding carboxylic acids is 1. The van der Waals surface area contributed by atoms with E-state index in [-0.39, 0.29) is 17.8 Å². The summed E-state index contributed by atoms with van der Waals surface area (Å²) < 4.78 is 12.4. The van der Waals surface area contributed by atoms with Gasteiger partial charge in [0.05, 0.1) is 31.0 Å². The number of nitrogen functional groups attached to an aromatic ring is 1. The zero-order valence-corrected chi connectivity index (χ0v) is 15.4. The lowest BCUT2D eigenvalue weighted by molar-refractivity contribution is -0.149. The topological polar surface area (TPSA) is 105 Å². The molecule has 2 aromatic rings. The molecule has 0 aliphatic heterocycles. The molecular weight excluding hydrogens is 334 g/mol. The second-order valence-corrected chi connectivity index (χ2v) is 6.71. The average Bonchev–Trinajstić information content (AvgIpc) is 2.99. The first-order chi connectivity index (χ1) is 12.5. The van der Waals surface area contributed by atoms with Crippen LogP contribution in [0.2, 0.25) is 0 Å². The zero-order chi connectivity index (χ0) is 18.7. The maximum Gasteiger partial charge on any atom is 0.309 e. The molecular formula is C18H25N5O3. The van der Waals surface area contributed by atoms with Crippen LogP contribution < -0.4 is 10.5 Å². The highest BCUT2D eigenvalue weighted by Crippen LogP contribution is 2.32. The van der Waals surface area contributed by atoms with Crippen molar-refractivity contribution in [3.8, 4) is 17.1 Å². The first kappa shape index (κ1) is 18.2. The number of aromatic nitrogens is 4. The van der Waals surface area contributed by atoms with Crippen molar-refractivity contribution in [3.05, 3.63) is 17.8 Å². The molecule has 140 valence electrons. The van der Waals surface area contributed by atoms with E-state index in [2.05, 4.69) is 15.3 Å². The Balaban J connectivity index is 1.70. The molecule has 8 nitrogen and oxygen atoms in total. The Morgan fingerprint density at radius 1 is 1.35 bits per heavy atom. The fourth-order valence-corrected chi connectivity index (χ4v) is 3.45. The summed E-state index contributed by atoms with van der Waals surface area (Å²) in [4.78, 5) is 16.5. The van der Waals surface area contributed by atoms with Gasteiger partial charge in [-0.2, -0.15) is 0 Å². The molecule has 1 aliphatic rings. The maximum atomic E-state index is 12.0. The van der Waals surface area contributed by atoms with Crippen LogP contribution in [0.1, 0.15) is 31.4 Å². The van der Waals surface area contributed by atoms with Crippen molar-refractivity contribution in [1.29, 1.82) is 0 Å². The monoisotopic (exact) mass is 359 g/mol. The Morgan fingerprint density at radius 2 is 2.12 bits per heavy atom. The minimum atomic E-state index is -0.137. The molecule has 0 aromatic carbocycles. The Hall–Kier alpha value is -2.64. The van der Waals surface area contributed by atoms with E-state index < -0.39 is 0 Å². The predicted molar refractivity (Wildman–Crippen MR) is 96.3 cm³/mol. The summed E-state index contributed by atoms with van der Waals surface area (Å²) in [7, 11) is 3.18. The fraction of sp³-hybridized carbons (Fsp3) is 0.556. The number of ether oxygens (including phenoxy) is 2. The summed E-state index contributed by atoms with van der Waals surface area (Å²) in [6.45, 7) is 2.36. The van der Waals surface area contributed by atoms with Gasteiger partial charge in [0, 0.05) is 13.0 Å². The van der Waals surface area contributed by atoms with E-state index in [0.717, 1.165) is 31.4 Å². The Labute approximate surface area is 152 Å². The van der Waals surface area contributed by atoms with Crippen LogP contribution in [-0.4, -0.2) is 39.7 Å². The van der Waals surface area contributed by atoms with Crippen LogP contribution in [0.15, 0.2) is 12.1 Å². The number of rotatable bonds is 5. The van der Waals surface area contributed by atoms with Crippen molar-refractivity contribution in [2.45, 2.75) is 32.6 Å². The fourth-order valence-electron chi connectivity index (χ4n) is 3.45. The molecule has 2 N–H and O–H groups in total. The average molecular weight is 359 g/mol. The Morgan fingerprint density at radius 3 is 2.77 bits per heavy atom. The van der Waals surface area contributed by atoms with Gasteiger partial charge in [-0.25, -0.2) is 9.67 Å². The van der Waals surface area contributed by atoms with Crippen LogP contribution in [0.5, 0.6) is 5.75 Å². The number of hydrogen-bond donors (Lipinski definition) is 1. The molecule has 26 heavy (non-hydrogen) atoms. The predicted octanol–water partition coefficient (Wildman–Crippen LogP) is 2.13.